The molecule has 0 bridgehead atoms. The molecule has 0 aromatic carbocycles. The molecule has 1 aromatic rings. The summed E-state index contributed by atoms with van der Waals surface area (Å²) in [5.41, 5.74) is 0.201. The highest BCUT2D eigenvalue weighted by Crippen LogP contribution is 2.24. The second kappa shape index (κ2) is 5.63. The van der Waals surface area contributed by atoms with Crippen LogP contribution in [0.15, 0.2) is 10.6 Å². The minimum absolute atomic E-state index is 0.201. The molecule has 1 aromatic heterocycles. The molecule has 1 N–H and O–H groups in total. The molecular formula is C15H27N3O. The van der Waals surface area contributed by atoms with E-state index in [1.54, 1.807) is 6.20 Å². The molecule has 108 valence electrons. The molecule has 1 saturated heterocycles. The van der Waals surface area contributed by atoms with E-state index >= 15 is 0 Å². The zero-order valence-corrected chi connectivity index (χ0v) is 12.9. The average Bonchev–Trinajstić information content (AvgIpc) is 2.74. The fourth-order valence-corrected chi connectivity index (χ4v) is 2.82. The van der Waals surface area contributed by atoms with E-state index in [1.165, 1.54) is 0 Å². The van der Waals surface area contributed by atoms with Gasteiger partial charge in [0.2, 0.25) is 5.89 Å². The summed E-state index contributed by atoms with van der Waals surface area (Å²) in [6.07, 6.45) is 2.94. The van der Waals surface area contributed by atoms with E-state index < -0.39 is 0 Å². The largest absolute Gasteiger partial charge is 0.445 e. The Morgan fingerprint density at radius 1 is 1.58 bits per heavy atom. The van der Waals surface area contributed by atoms with Crippen molar-refractivity contribution >= 4 is 0 Å². The van der Waals surface area contributed by atoms with Crippen LogP contribution in [0.25, 0.3) is 0 Å². The summed E-state index contributed by atoms with van der Waals surface area (Å²) in [6.45, 7) is 14.0. The summed E-state index contributed by atoms with van der Waals surface area (Å²) in [5, 5.41) is 3.70. The molecular weight excluding hydrogens is 238 g/mol. The number of hydrogen-bond acceptors (Lipinski definition) is 4. The van der Waals surface area contributed by atoms with Crippen molar-refractivity contribution in [2.45, 2.75) is 59.2 Å². The van der Waals surface area contributed by atoms with Crippen molar-refractivity contribution in [3.63, 3.8) is 0 Å². The second-order valence-electron chi connectivity index (χ2n) is 6.38. The van der Waals surface area contributed by atoms with Crippen molar-refractivity contribution in [3.8, 4) is 0 Å². The normalized spacial score (nSPS) is 29.1. The van der Waals surface area contributed by atoms with Crippen LogP contribution in [0.2, 0.25) is 0 Å². The van der Waals surface area contributed by atoms with Gasteiger partial charge in [0.15, 0.2) is 0 Å². The number of nitrogens with zero attached hydrogens (tertiary/aromatic N) is 2. The van der Waals surface area contributed by atoms with Crippen LogP contribution < -0.4 is 5.32 Å². The van der Waals surface area contributed by atoms with Crippen LogP contribution in [0, 0.1) is 12.8 Å². The molecule has 4 nitrogen and oxygen atoms in total. The van der Waals surface area contributed by atoms with Gasteiger partial charge in [-0.15, -0.1) is 0 Å². The molecule has 2 rings (SSSR count). The quantitative estimate of drug-likeness (QED) is 0.908. The number of hydrogen-bond donors (Lipinski definition) is 1. The molecule has 1 aliphatic heterocycles. The lowest BCUT2D eigenvalue weighted by molar-refractivity contribution is 0.0471. The predicted octanol–water partition coefficient (Wildman–Crippen LogP) is 2.58. The second-order valence-corrected chi connectivity index (χ2v) is 6.38. The smallest absolute Gasteiger partial charge is 0.208 e. The van der Waals surface area contributed by atoms with Crippen molar-refractivity contribution in [2.75, 3.05) is 13.1 Å². The third kappa shape index (κ3) is 3.37. The van der Waals surface area contributed by atoms with Crippen LogP contribution >= 0.6 is 0 Å². The lowest BCUT2D eigenvalue weighted by Crippen LogP contribution is -2.63. The van der Waals surface area contributed by atoms with Gasteiger partial charge in [0.25, 0.3) is 0 Å². The van der Waals surface area contributed by atoms with Gasteiger partial charge in [0.05, 0.1) is 12.7 Å². The van der Waals surface area contributed by atoms with E-state index in [4.69, 9.17) is 4.42 Å². The third-order valence-corrected chi connectivity index (χ3v) is 4.32. The van der Waals surface area contributed by atoms with Crippen LogP contribution in [0.4, 0.5) is 0 Å². The van der Waals surface area contributed by atoms with Gasteiger partial charge < -0.3 is 9.73 Å². The molecule has 0 spiro atoms. The summed E-state index contributed by atoms with van der Waals surface area (Å²) < 4.78 is 5.64. The van der Waals surface area contributed by atoms with E-state index in [9.17, 15) is 0 Å². The van der Waals surface area contributed by atoms with Gasteiger partial charge >= 0.3 is 0 Å². The zero-order valence-electron chi connectivity index (χ0n) is 12.9. The topological polar surface area (TPSA) is 41.3 Å². The zero-order chi connectivity index (χ0) is 14.0. The lowest BCUT2D eigenvalue weighted by Gasteiger charge is -2.47. The Balaban J connectivity index is 2.11. The van der Waals surface area contributed by atoms with Crippen LogP contribution in [0.5, 0.6) is 0 Å². The molecule has 19 heavy (non-hydrogen) atoms. The van der Waals surface area contributed by atoms with E-state index in [-0.39, 0.29) is 5.54 Å². The fraction of sp³-hybridized carbons (Fsp3) is 0.800. The molecule has 1 fully saturated rings. The highest BCUT2D eigenvalue weighted by atomic mass is 16.4. The van der Waals surface area contributed by atoms with Gasteiger partial charge in [-0.3, -0.25) is 4.90 Å². The highest BCUT2D eigenvalue weighted by molar-refractivity contribution is 4.98. The minimum Gasteiger partial charge on any atom is -0.445 e. The number of nitrogens with one attached hydrogen (secondary N) is 1. The monoisotopic (exact) mass is 265 g/mol. The Kier molecular flexibility index (Phi) is 4.31. The summed E-state index contributed by atoms with van der Waals surface area (Å²) in [6, 6.07) is 0.548. The van der Waals surface area contributed by atoms with E-state index in [0.29, 0.717) is 12.0 Å². The van der Waals surface area contributed by atoms with Crippen molar-refractivity contribution < 1.29 is 4.42 Å². The molecule has 1 aliphatic rings. The van der Waals surface area contributed by atoms with Crippen LogP contribution in [0.3, 0.4) is 0 Å². The van der Waals surface area contributed by atoms with Gasteiger partial charge in [-0.25, -0.2) is 4.98 Å². The maximum atomic E-state index is 5.64. The summed E-state index contributed by atoms with van der Waals surface area (Å²) >= 11 is 0. The first-order chi connectivity index (χ1) is 8.93. The number of aryl methyl sites for hydroxylation is 1. The van der Waals surface area contributed by atoms with Gasteiger partial charge in [-0.05, 0) is 26.2 Å². The summed E-state index contributed by atoms with van der Waals surface area (Å²) in [4.78, 5) is 6.87. The van der Waals surface area contributed by atoms with Gasteiger partial charge in [-0.1, -0.05) is 20.8 Å². The number of aromatic nitrogens is 1. The molecule has 0 radical (unpaired) electrons. The summed E-state index contributed by atoms with van der Waals surface area (Å²) in [7, 11) is 0. The van der Waals surface area contributed by atoms with Crippen molar-refractivity contribution in [2.24, 2.45) is 5.92 Å². The fourth-order valence-electron chi connectivity index (χ4n) is 2.82. The Morgan fingerprint density at radius 2 is 2.32 bits per heavy atom. The molecule has 2 unspecified atom stereocenters. The Labute approximate surface area is 116 Å². The first kappa shape index (κ1) is 14.5. The number of oxazole rings is 1. The first-order valence-corrected chi connectivity index (χ1v) is 7.34. The highest BCUT2D eigenvalue weighted by Gasteiger charge is 2.36. The number of rotatable bonds is 4. The molecule has 4 heteroatoms. The average molecular weight is 265 g/mol. The molecule has 2 heterocycles. The molecule has 0 amide bonds. The molecule has 0 saturated carbocycles. The van der Waals surface area contributed by atoms with Crippen LogP contribution in [-0.4, -0.2) is 34.6 Å². The van der Waals surface area contributed by atoms with Crippen LogP contribution in [0.1, 0.15) is 45.8 Å². The Morgan fingerprint density at radius 3 is 2.84 bits per heavy atom. The SMILES string of the molecule is CCC1(C)CN(Cc2ncc(C)o2)C(C(C)C)CN1. The first-order valence-electron chi connectivity index (χ1n) is 7.34. The van der Waals surface area contributed by atoms with Crippen molar-refractivity contribution in [1.82, 2.24) is 15.2 Å². The van der Waals surface area contributed by atoms with Gasteiger partial charge in [-0.2, -0.15) is 0 Å². The lowest BCUT2D eigenvalue weighted by atomic mass is 9.90. The van der Waals surface area contributed by atoms with E-state index in [1.807, 2.05) is 6.92 Å². The summed E-state index contributed by atoms with van der Waals surface area (Å²) in [5.74, 6) is 2.36. The predicted molar refractivity (Wildman–Crippen MR) is 77.0 cm³/mol. The minimum atomic E-state index is 0.201. The Hall–Kier alpha value is -0.870. The maximum Gasteiger partial charge on any atom is 0.208 e. The number of piperazine rings is 1. The third-order valence-electron chi connectivity index (χ3n) is 4.32. The van der Waals surface area contributed by atoms with Crippen molar-refractivity contribution in [1.29, 1.82) is 0 Å². The maximum absolute atomic E-state index is 5.64. The molecule has 2 atom stereocenters. The van der Waals surface area contributed by atoms with Gasteiger partial charge in [0, 0.05) is 24.7 Å². The standard InChI is InChI=1S/C15H27N3O/c1-6-15(5)10-18(13(8-17-15)11(2)3)9-14-16-7-12(4)19-14/h7,11,13,17H,6,8-10H2,1-5H3. The molecule has 0 aliphatic carbocycles. The van der Waals surface area contributed by atoms with Crippen LogP contribution in [-0.2, 0) is 6.54 Å². The van der Waals surface area contributed by atoms with Gasteiger partial charge in [0.1, 0.15) is 5.76 Å². The Bertz CT molecular complexity index is 415. The van der Waals surface area contributed by atoms with E-state index in [2.05, 4.69) is 42.9 Å². The van der Waals surface area contributed by atoms with E-state index in [0.717, 1.165) is 37.7 Å². The van der Waals surface area contributed by atoms with Crippen molar-refractivity contribution in [3.05, 3.63) is 17.8 Å².